The number of hydrogen-bond donors (Lipinski definition) is 1. The Kier molecular flexibility index (Phi) is 7.64. The van der Waals surface area contributed by atoms with E-state index in [-0.39, 0.29) is 22.6 Å². The lowest BCUT2D eigenvalue weighted by Crippen LogP contribution is -2.18. The number of nitrogens with zero attached hydrogens (tertiary/aromatic N) is 2. The second-order valence-corrected chi connectivity index (χ2v) is 9.35. The average molecular weight is 528 g/mol. The maximum Gasteiger partial charge on any atom is 0.339 e. The summed E-state index contributed by atoms with van der Waals surface area (Å²) in [5.74, 6) is -1.63. The number of fused-ring (bicyclic) bond motifs is 1. The fourth-order valence-corrected chi connectivity index (χ4v) is 5.22. The molecule has 0 aliphatic carbocycles. The van der Waals surface area contributed by atoms with Crippen molar-refractivity contribution in [2.45, 2.75) is 5.03 Å². The first kappa shape index (κ1) is 24.6. The van der Waals surface area contributed by atoms with Gasteiger partial charge in [-0.2, -0.15) is 0 Å². The van der Waals surface area contributed by atoms with Crippen LogP contribution in [0.1, 0.15) is 20.7 Å². The molecule has 4 aromatic rings. The number of benzene rings is 2. The highest BCUT2D eigenvalue weighted by Crippen LogP contribution is 2.38. The Morgan fingerprint density at radius 2 is 1.77 bits per heavy atom. The van der Waals surface area contributed by atoms with Crippen LogP contribution < -0.4 is 5.32 Å². The van der Waals surface area contributed by atoms with Crippen LogP contribution in [0.3, 0.4) is 0 Å². The third kappa shape index (κ3) is 5.45. The van der Waals surface area contributed by atoms with Gasteiger partial charge < -0.3 is 14.8 Å². The molecule has 0 fully saturated rings. The number of anilines is 1. The van der Waals surface area contributed by atoms with E-state index >= 15 is 0 Å². The summed E-state index contributed by atoms with van der Waals surface area (Å²) in [5, 5.41) is 6.81. The minimum Gasteiger partial charge on any atom is -0.465 e. The smallest absolute Gasteiger partial charge is 0.339 e. The van der Waals surface area contributed by atoms with E-state index in [1.54, 1.807) is 0 Å². The summed E-state index contributed by atoms with van der Waals surface area (Å²) >= 11 is 8.75. The van der Waals surface area contributed by atoms with Crippen LogP contribution in [0.4, 0.5) is 5.69 Å². The zero-order valence-electron chi connectivity index (χ0n) is 18.5. The number of aromatic nitrogens is 2. The predicted octanol–water partition coefficient (Wildman–Crippen LogP) is 5.32. The molecule has 4 rings (SSSR count). The molecule has 2 aromatic heterocycles. The molecule has 0 aliphatic heterocycles. The van der Waals surface area contributed by atoms with Crippen molar-refractivity contribution in [3.8, 4) is 11.1 Å². The fourth-order valence-electron chi connectivity index (χ4n) is 3.30. The van der Waals surface area contributed by atoms with E-state index in [1.807, 2.05) is 29.6 Å². The van der Waals surface area contributed by atoms with Crippen LogP contribution in [0.25, 0.3) is 21.3 Å². The van der Waals surface area contributed by atoms with Crippen LogP contribution in [-0.4, -0.2) is 47.8 Å². The summed E-state index contributed by atoms with van der Waals surface area (Å²) in [4.78, 5) is 46.4. The summed E-state index contributed by atoms with van der Waals surface area (Å²) in [6.45, 7) is 0. The van der Waals surface area contributed by atoms with Crippen LogP contribution >= 0.6 is 34.7 Å². The lowest BCUT2D eigenvalue weighted by molar-refractivity contribution is -0.113. The second kappa shape index (κ2) is 10.9. The highest BCUT2D eigenvalue weighted by molar-refractivity contribution is 8.00. The normalized spacial score (nSPS) is 10.7. The maximum absolute atomic E-state index is 12.8. The highest BCUT2D eigenvalue weighted by atomic mass is 35.5. The Balaban J connectivity index is 1.57. The monoisotopic (exact) mass is 527 g/mol. The predicted molar refractivity (Wildman–Crippen MR) is 136 cm³/mol. The van der Waals surface area contributed by atoms with Gasteiger partial charge >= 0.3 is 11.9 Å². The van der Waals surface area contributed by atoms with Gasteiger partial charge in [0.05, 0.1) is 42.2 Å². The number of carbonyl (C=O) groups is 3. The van der Waals surface area contributed by atoms with Gasteiger partial charge in [-0.15, -0.1) is 11.3 Å². The molecule has 35 heavy (non-hydrogen) atoms. The number of hydrogen-bond acceptors (Lipinski definition) is 9. The summed E-state index contributed by atoms with van der Waals surface area (Å²) < 4.78 is 9.50. The Hall–Kier alpha value is -3.47. The Morgan fingerprint density at radius 1 is 1.03 bits per heavy atom. The number of ether oxygens (including phenoxy) is 2. The SMILES string of the molecule is COC(=O)c1ccc(C(=O)OC)c(NC(=O)CSc2ncnc3scc(-c4ccc(Cl)cc4)c23)c1. The Morgan fingerprint density at radius 3 is 2.49 bits per heavy atom. The molecule has 0 unspecified atom stereocenters. The van der Waals surface area contributed by atoms with Gasteiger partial charge in [-0.05, 0) is 35.9 Å². The molecule has 8 nitrogen and oxygen atoms in total. The number of thioether (sulfide) groups is 1. The van der Waals surface area contributed by atoms with E-state index in [0.717, 1.165) is 21.3 Å². The van der Waals surface area contributed by atoms with Crippen LogP contribution in [0.5, 0.6) is 0 Å². The number of halogens is 1. The maximum atomic E-state index is 12.8. The standard InChI is InChI=1S/C24H18ClN3O5S2/c1-32-23(30)14-5-8-16(24(31)33-2)18(9-14)28-19(29)11-35-22-20-17(10-34-21(20)26-12-27-22)13-3-6-15(25)7-4-13/h3-10,12H,11H2,1-2H3,(H,28,29). The molecule has 1 amide bonds. The number of thiophene rings is 1. The van der Waals surface area contributed by atoms with Crippen LogP contribution in [0, 0.1) is 0 Å². The van der Waals surface area contributed by atoms with E-state index in [0.29, 0.717) is 10.0 Å². The van der Waals surface area contributed by atoms with Crippen molar-refractivity contribution in [1.82, 2.24) is 9.97 Å². The van der Waals surface area contributed by atoms with Crippen LogP contribution in [0.15, 0.2) is 59.2 Å². The largest absolute Gasteiger partial charge is 0.465 e. The van der Waals surface area contributed by atoms with Crippen molar-refractivity contribution in [2.24, 2.45) is 0 Å². The van der Waals surface area contributed by atoms with Gasteiger partial charge in [0.25, 0.3) is 0 Å². The molecule has 11 heteroatoms. The van der Waals surface area contributed by atoms with Crippen molar-refractivity contribution < 1.29 is 23.9 Å². The van der Waals surface area contributed by atoms with Gasteiger partial charge in [-0.1, -0.05) is 35.5 Å². The van der Waals surface area contributed by atoms with E-state index in [2.05, 4.69) is 15.3 Å². The molecule has 0 bridgehead atoms. The Bertz CT molecular complexity index is 1420. The van der Waals surface area contributed by atoms with E-state index in [9.17, 15) is 14.4 Å². The van der Waals surface area contributed by atoms with Crippen molar-refractivity contribution in [3.05, 3.63) is 70.3 Å². The molecular weight excluding hydrogens is 510 g/mol. The molecule has 0 radical (unpaired) electrons. The highest BCUT2D eigenvalue weighted by Gasteiger charge is 2.19. The molecule has 2 heterocycles. The summed E-state index contributed by atoms with van der Waals surface area (Å²) in [6.07, 6.45) is 1.46. The second-order valence-electron chi connectivity index (χ2n) is 7.10. The molecule has 0 atom stereocenters. The van der Waals surface area contributed by atoms with Gasteiger partial charge in [-0.25, -0.2) is 19.6 Å². The minimum atomic E-state index is -0.646. The number of carbonyl (C=O) groups excluding carboxylic acids is 3. The third-order valence-corrected chi connectivity index (χ3v) is 7.08. The molecular formula is C24H18ClN3O5S2. The number of rotatable bonds is 7. The number of nitrogens with one attached hydrogen (secondary N) is 1. The fraction of sp³-hybridized carbons (Fsp3) is 0.125. The lowest BCUT2D eigenvalue weighted by atomic mass is 10.1. The zero-order valence-corrected chi connectivity index (χ0v) is 20.9. The summed E-state index contributed by atoms with van der Waals surface area (Å²) in [6, 6.07) is 11.7. The molecule has 2 aromatic carbocycles. The first-order valence-corrected chi connectivity index (χ1v) is 12.4. The average Bonchev–Trinajstić information content (AvgIpc) is 3.32. The quantitative estimate of drug-likeness (QED) is 0.195. The van der Waals surface area contributed by atoms with Crippen LogP contribution in [0.2, 0.25) is 5.02 Å². The van der Waals surface area contributed by atoms with E-state index in [4.69, 9.17) is 21.1 Å². The van der Waals surface area contributed by atoms with Gasteiger partial charge in [0.1, 0.15) is 16.2 Å². The number of amides is 1. The summed E-state index contributed by atoms with van der Waals surface area (Å²) in [7, 11) is 2.48. The summed E-state index contributed by atoms with van der Waals surface area (Å²) in [5.41, 5.74) is 2.36. The number of esters is 2. The van der Waals surface area contributed by atoms with Crippen molar-refractivity contribution in [3.63, 3.8) is 0 Å². The minimum absolute atomic E-state index is 0.00504. The van der Waals surface area contributed by atoms with E-state index < -0.39 is 17.8 Å². The van der Waals surface area contributed by atoms with Gasteiger partial charge in [-0.3, -0.25) is 4.79 Å². The van der Waals surface area contributed by atoms with E-state index in [1.165, 1.54) is 61.8 Å². The van der Waals surface area contributed by atoms with Crippen molar-refractivity contribution in [2.75, 3.05) is 25.3 Å². The first-order valence-electron chi connectivity index (χ1n) is 10.1. The molecule has 0 saturated heterocycles. The van der Waals surface area contributed by atoms with Gasteiger partial charge in [0.15, 0.2) is 0 Å². The Labute approximate surface area is 213 Å². The number of methoxy groups -OCH3 is 2. The molecule has 1 N–H and O–H groups in total. The first-order chi connectivity index (χ1) is 16.9. The molecule has 178 valence electrons. The van der Waals surface area contributed by atoms with Gasteiger partial charge in [0.2, 0.25) is 5.91 Å². The topological polar surface area (TPSA) is 107 Å². The molecule has 0 aliphatic rings. The van der Waals surface area contributed by atoms with Gasteiger partial charge in [0, 0.05) is 16.0 Å². The van der Waals surface area contributed by atoms with Crippen molar-refractivity contribution >= 4 is 68.4 Å². The molecule has 0 spiro atoms. The zero-order chi connectivity index (χ0) is 24.9. The third-order valence-electron chi connectivity index (χ3n) is 4.95. The lowest BCUT2D eigenvalue weighted by Gasteiger charge is -2.11. The molecule has 0 saturated carbocycles. The van der Waals surface area contributed by atoms with Crippen LogP contribution in [-0.2, 0) is 14.3 Å². The van der Waals surface area contributed by atoms with Crippen molar-refractivity contribution in [1.29, 1.82) is 0 Å².